The molecule has 0 bridgehead atoms. The van der Waals surface area contributed by atoms with Crippen molar-refractivity contribution < 1.29 is 14.7 Å². The molecule has 2 aliphatic rings. The third-order valence-electron chi connectivity index (χ3n) is 5.39. The van der Waals surface area contributed by atoms with E-state index in [-0.39, 0.29) is 17.7 Å². The fourth-order valence-corrected chi connectivity index (χ4v) is 5.77. The highest BCUT2D eigenvalue weighted by Crippen LogP contribution is 2.46. The largest absolute Gasteiger partial charge is 0.480 e. The minimum absolute atomic E-state index is 0.0317. The molecule has 0 aromatic heterocycles. The first-order valence-electron chi connectivity index (χ1n) is 9.24. The van der Waals surface area contributed by atoms with Gasteiger partial charge in [-0.05, 0) is 42.9 Å². The van der Waals surface area contributed by atoms with Crippen LogP contribution in [0.4, 0.5) is 0 Å². The molecular weight excluding hydrogens is 350 g/mol. The van der Waals surface area contributed by atoms with Crippen LogP contribution in [0.5, 0.6) is 0 Å². The lowest BCUT2D eigenvalue weighted by Crippen LogP contribution is -2.45. The van der Waals surface area contributed by atoms with Crippen molar-refractivity contribution in [3.8, 4) is 0 Å². The molecule has 0 spiro atoms. The van der Waals surface area contributed by atoms with Gasteiger partial charge in [-0.2, -0.15) is 0 Å². The minimum atomic E-state index is -1.10. The molecule has 142 valence electrons. The van der Waals surface area contributed by atoms with Crippen molar-refractivity contribution >= 4 is 23.6 Å². The maximum atomic E-state index is 12.5. The number of nitrogens with one attached hydrogen (secondary N) is 2. The van der Waals surface area contributed by atoms with Crippen molar-refractivity contribution in [1.82, 2.24) is 10.6 Å². The summed E-state index contributed by atoms with van der Waals surface area (Å²) in [6.45, 7) is 3.11. The van der Waals surface area contributed by atoms with Gasteiger partial charge >= 0.3 is 5.97 Å². The molecule has 0 radical (unpaired) electrons. The Morgan fingerprint density at radius 1 is 1.42 bits per heavy atom. The number of aliphatic carboxylic acids is 1. The zero-order chi connectivity index (χ0) is 18.7. The van der Waals surface area contributed by atoms with Crippen molar-refractivity contribution in [2.45, 2.75) is 54.7 Å². The van der Waals surface area contributed by atoms with Gasteiger partial charge in [-0.15, -0.1) is 11.8 Å². The van der Waals surface area contributed by atoms with Gasteiger partial charge in [0, 0.05) is 17.8 Å². The second-order valence-corrected chi connectivity index (χ2v) is 8.41. The summed E-state index contributed by atoms with van der Waals surface area (Å²) >= 11 is 1.72. The summed E-state index contributed by atoms with van der Waals surface area (Å²) < 4.78 is 0. The molecule has 1 amide bonds. The van der Waals surface area contributed by atoms with Crippen LogP contribution in [0.2, 0.25) is 0 Å². The first-order chi connectivity index (χ1) is 12.5. The fourth-order valence-electron chi connectivity index (χ4n) is 4.00. The fraction of sp³-hybridized carbons (Fsp3) is 0.579. The summed E-state index contributed by atoms with van der Waals surface area (Å²) in [6, 6.07) is 7.87. The van der Waals surface area contributed by atoms with E-state index in [1.807, 2.05) is 0 Å². The van der Waals surface area contributed by atoms with Gasteiger partial charge in [0.25, 0.3) is 0 Å². The SMILES string of the molecule is CCc1ccccc1C1CCNC2CC(C(=O)NC[C@@H](N)C(=O)O)SC21. The number of carbonyl (C=O) groups is 2. The zero-order valence-electron chi connectivity index (χ0n) is 15.0. The van der Waals surface area contributed by atoms with Crippen LogP contribution in [0, 0.1) is 0 Å². The van der Waals surface area contributed by atoms with E-state index >= 15 is 0 Å². The van der Waals surface area contributed by atoms with Gasteiger partial charge in [0.15, 0.2) is 0 Å². The quantitative estimate of drug-likeness (QED) is 0.592. The Bertz CT molecular complexity index is 669. The normalized spacial score (nSPS) is 29.0. The van der Waals surface area contributed by atoms with Crippen molar-refractivity contribution in [3.05, 3.63) is 35.4 Å². The van der Waals surface area contributed by atoms with Gasteiger partial charge in [-0.1, -0.05) is 31.2 Å². The van der Waals surface area contributed by atoms with E-state index in [1.54, 1.807) is 11.8 Å². The second kappa shape index (κ2) is 8.41. The highest BCUT2D eigenvalue weighted by Gasteiger charge is 2.44. The van der Waals surface area contributed by atoms with Gasteiger partial charge in [-0.3, -0.25) is 9.59 Å². The first kappa shape index (κ1) is 19.2. The molecule has 1 aromatic carbocycles. The summed E-state index contributed by atoms with van der Waals surface area (Å²) in [4.78, 5) is 23.3. The van der Waals surface area contributed by atoms with Gasteiger partial charge in [0.1, 0.15) is 6.04 Å². The molecule has 2 aliphatic heterocycles. The van der Waals surface area contributed by atoms with Crippen LogP contribution >= 0.6 is 11.8 Å². The molecule has 0 saturated carbocycles. The highest BCUT2D eigenvalue weighted by molar-refractivity contribution is 8.01. The number of thioether (sulfide) groups is 1. The average Bonchev–Trinajstić information content (AvgIpc) is 3.10. The van der Waals surface area contributed by atoms with E-state index in [0.29, 0.717) is 17.2 Å². The van der Waals surface area contributed by atoms with Crippen LogP contribution in [0.1, 0.15) is 36.8 Å². The number of hydrogen-bond donors (Lipinski definition) is 4. The van der Waals surface area contributed by atoms with Crippen LogP contribution in [-0.4, -0.2) is 52.7 Å². The molecule has 26 heavy (non-hydrogen) atoms. The van der Waals surface area contributed by atoms with E-state index in [1.165, 1.54) is 11.1 Å². The number of rotatable bonds is 6. The third-order valence-corrected chi connectivity index (χ3v) is 7.09. The summed E-state index contributed by atoms with van der Waals surface area (Å²) in [5.41, 5.74) is 8.28. The van der Waals surface area contributed by atoms with E-state index < -0.39 is 12.0 Å². The predicted octanol–water partition coefficient (Wildman–Crippen LogP) is 1.10. The highest BCUT2D eigenvalue weighted by atomic mass is 32.2. The number of fused-ring (bicyclic) bond motifs is 1. The van der Waals surface area contributed by atoms with Gasteiger partial charge in [-0.25, -0.2) is 0 Å². The Balaban J connectivity index is 1.68. The summed E-state index contributed by atoms with van der Waals surface area (Å²) in [6.07, 6.45) is 2.86. The number of piperidine rings is 1. The molecular formula is C19H27N3O3S. The smallest absolute Gasteiger partial charge is 0.322 e. The zero-order valence-corrected chi connectivity index (χ0v) is 15.8. The number of carbonyl (C=O) groups excluding carboxylic acids is 1. The van der Waals surface area contributed by atoms with Crippen molar-refractivity contribution in [1.29, 1.82) is 0 Å². The molecule has 1 aromatic rings. The van der Waals surface area contributed by atoms with Gasteiger partial charge in [0.2, 0.25) is 5.91 Å². The summed E-state index contributed by atoms with van der Waals surface area (Å²) in [5.74, 6) is -0.761. The molecule has 0 aliphatic carbocycles. The third kappa shape index (κ3) is 4.05. The lowest BCUT2D eigenvalue weighted by Gasteiger charge is -2.35. The molecule has 2 saturated heterocycles. The van der Waals surface area contributed by atoms with E-state index in [0.717, 1.165) is 25.8 Å². The molecule has 7 heteroatoms. The number of carboxylic acids is 1. The molecule has 5 atom stereocenters. The number of aryl methyl sites for hydroxylation is 1. The van der Waals surface area contributed by atoms with Crippen LogP contribution in [0.25, 0.3) is 0 Å². The summed E-state index contributed by atoms with van der Waals surface area (Å²) in [5, 5.41) is 15.3. The predicted molar refractivity (Wildman–Crippen MR) is 103 cm³/mol. The van der Waals surface area contributed by atoms with Crippen molar-refractivity contribution in [3.63, 3.8) is 0 Å². The lowest BCUT2D eigenvalue weighted by atomic mass is 9.82. The van der Waals surface area contributed by atoms with E-state index in [9.17, 15) is 9.59 Å². The average molecular weight is 378 g/mol. The van der Waals surface area contributed by atoms with Crippen LogP contribution in [-0.2, 0) is 16.0 Å². The second-order valence-electron chi connectivity index (χ2n) is 7.02. The summed E-state index contributed by atoms with van der Waals surface area (Å²) in [7, 11) is 0. The molecule has 4 unspecified atom stereocenters. The molecule has 3 rings (SSSR count). The number of benzene rings is 1. The molecule has 2 heterocycles. The van der Waals surface area contributed by atoms with E-state index in [2.05, 4.69) is 41.8 Å². The first-order valence-corrected chi connectivity index (χ1v) is 10.2. The Hall–Kier alpha value is -1.57. The number of hydrogen-bond acceptors (Lipinski definition) is 5. The number of carboxylic acid groups (broad SMARTS) is 1. The van der Waals surface area contributed by atoms with E-state index in [4.69, 9.17) is 10.8 Å². The molecule has 2 fully saturated rings. The Morgan fingerprint density at radius 2 is 2.19 bits per heavy atom. The van der Waals surface area contributed by atoms with Crippen LogP contribution < -0.4 is 16.4 Å². The van der Waals surface area contributed by atoms with Crippen molar-refractivity contribution in [2.24, 2.45) is 5.73 Å². The standard InChI is InChI=1S/C19H27N3O3S/c1-2-11-5-3-4-6-12(11)13-7-8-21-15-9-16(26-17(13)15)18(23)22-10-14(20)19(24)25/h3-6,13-17,21H,2,7-10,20H2,1H3,(H,22,23)(H,24,25)/t13?,14-,15?,16?,17?/m1/s1. The lowest BCUT2D eigenvalue weighted by molar-refractivity contribution is -0.138. The topological polar surface area (TPSA) is 104 Å². The molecule has 5 N–H and O–H groups in total. The monoisotopic (exact) mass is 377 g/mol. The number of nitrogens with two attached hydrogens (primary N) is 1. The number of amides is 1. The van der Waals surface area contributed by atoms with Crippen LogP contribution in [0.3, 0.4) is 0 Å². The van der Waals surface area contributed by atoms with Crippen molar-refractivity contribution in [2.75, 3.05) is 13.1 Å². The maximum Gasteiger partial charge on any atom is 0.322 e. The Kier molecular flexibility index (Phi) is 6.21. The van der Waals surface area contributed by atoms with Gasteiger partial charge < -0.3 is 21.5 Å². The minimum Gasteiger partial charge on any atom is -0.480 e. The van der Waals surface area contributed by atoms with Crippen LogP contribution in [0.15, 0.2) is 24.3 Å². The Morgan fingerprint density at radius 3 is 2.92 bits per heavy atom. The molecule has 6 nitrogen and oxygen atoms in total. The Labute approximate surface area is 158 Å². The van der Waals surface area contributed by atoms with Gasteiger partial charge in [0.05, 0.1) is 5.25 Å². The maximum absolute atomic E-state index is 12.5.